The highest BCUT2D eigenvalue weighted by atomic mass is 16.3. The van der Waals surface area contributed by atoms with Gasteiger partial charge in [0.05, 0.1) is 18.2 Å². The Kier molecular flexibility index (Phi) is 3.18. The second-order valence-electron chi connectivity index (χ2n) is 6.61. The van der Waals surface area contributed by atoms with Gasteiger partial charge in [0, 0.05) is 0 Å². The molecule has 0 saturated carbocycles. The Balaban J connectivity index is 1.90. The zero-order valence-corrected chi connectivity index (χ0v) is 14.0. The van der Waals surface area contributed by atoms with Crippen molar-refractivity contribution >= 4 is 32.3 Å². The normalized spacial score (nSPS) is 11.4. The third-order valence-corrected chi connectivity index (χ3v) is 5.25. The molecule has 0 bridgehead atoms. The minimum absolute atomic E-state index is 0.0383. The SMILES string of the molecule is N#Cc1ccc(-c2ccc3ccc4c(CO)ccc5ccc2c3c54)cc1. The molecule has 0 atom stereocenters. The Morgan fingerprint density at radius 3 is 2.00 bits per heavy atom. The summed E-state index contributed by atoms with van der Waals surface area (Å²) < 4.78 is 0. The third kappa shape index (κ3) is 2.02. The van der Waals surface area contributed by atoms with E-state index in [-0.39, 0.29) is 6.61 Å². The number of hydrogen-bond donors (Lipinski definition) is 1. The van der Waals surface area contributed by atoms with E-state index in [2.05, 4.69) is 48.5 Å². The summed E-state index contributed by atoms with van der Waals surface area (Å²) in [4.78, 5) is 0. The van der Waals surface area contributed by atoms with Crippen LogP contribution in [0.4, 0.5) is 0 Å². The molecule has 0 fully saturated rings. The Labute approximate surface area is 150 Å². The first-order valence-corrected chi connectivity index (χ1v) is 8.61. The van der Waals surface area contributed by atoms with Gasteiger partial charge in [-0.2, -0.15) is 5.26 Å². The molecular formula is C24H15NO. The fourth-order valence-electron chi connectivity index (χ4n) is 3.98. The second kappa shape index (κ2) is 5.56. The quantitative estimate of drug-likeness (QED) is 0.426. The van der Waals surface area contributed by atoms with Crippen LogP contribution in [0.2, 0.25) is 0 Å². The van der Waals surface area contributed by atoms with Crippen molar-refractivity contribution in [3.8, 4) is 17.2 Å². The average Bonchev–Trinajstić information content (AvgIpc) is 2.71. The number of aliphatic hydroxyl groups excluding tert-OH is 1. The van der Waals surface area contributed by atoms with Gasteiger partial charge in [-0.1, -0.05) is 60.7 Å². The van der Waals surface area contributed by atoms with Crippen molar-refractivity contribution < 1.29 is 5.11 Å². The summed E-state index contributed by atoms with van der Waals surface area (Å²) in [7, 11) is 0. The van der Waals surface area contributed by atoms with Gasteiger partial charge < -0.3 is 5.11 Å². The molecule has 0 amide bonds. The molecule has 0 aliphatic heterocycles. The third-order valence-electron chi connectivity index (χ3n) is 5.25. The maximum absolute atomic E-state index is 9.72. The van der Waals surface area contributed by atoms with Crippen molar-refractivity contribution in [2.45, 2.75) is 6.61 Å². The molecule has 0 aromatic heterocycles. The number of hydrogen-bond acceptors (Lipinski definition) is 2. The van der Waals surface area contributed by atoms with Crippen LogP contribution in [-0.2, 0) is 6.61 Å². The predicted octanol–water partition coefficient (Wildman–Crippen LogP) is 5.61. The van der Waals surface area contributed by atoms with E-state index in [4.69, 9.17) is 5.26 Å². The highest BCUT2D eigenvalue weighted by Crippen LogP contribution is 2.40. The minimum atomic E-state index is 0.0383. The van der Waals surface area contributed by atoms with Crippen LogP contribution in [-0.4, -0.2) is 5.11 Å². The maximum atomic E-state index is 9.72. The van der Waals surface area contributed by atoms with Crippen molar-refractivity contribution in [2.75, 3.05) is 0 Å². The summed E-state index contributed by atoms with van der Waals surface area (Å²) in [5.41, 5.74) is 3.88. The van der Waals surface area contributed by atoms with Crippen LogP contribution in [0.3, 0.4) is 0 Å². The van der Waals surface area contributed by atoms with Crippen molar-refractivity contribution in [1.82, 2.24) is 0 Å². The summed E-state index contributed by atoms with van der Waals surface area (Å²) >= 11 is 0. The highest BCUT2D eigenvalue weighted by molar-refractivity contribution is 6.25. The average molecular weight is 333 g/mol. The zero-order chi connectivity index (χ0) is 17.7. The lowest BCUT2D eigenvalue weighted by molar-refractivity contribution is 0.283. The standard InChI is InChI=1S/C24H15NO/c25-13-15-1-3-16(4-2-15)20-10-7-18-8-11-21-19(14-26)6-5-17-9-12-22(20)24(18)23(17)21/h1-12,26H,14H2. The van der Waals surface area contributed by atoms with Crippen LogP contribution >= 0.6 is 0 Å². The van der Waals surface area contributed by atoms with Gasteiger partial charge in [-0.25, -0.2) is 0 Å². The van der Waals surface area contributed by atoms with Gasteiger partial charge in [-0.15, -0.1) is 0 Å². The van der Waals surface area contributed by atoms with Crippen LogP contribution in [0.1, 0.15) is 11.1 Å². The molecular weight excluding hydrogens is 318 g/mol. The topological polar surface area (TPSA) is 44.0 Å². The number of nitrogens with zero attached hydrogens (tertiary/aromatic N) is 1. The molecule has 1 N–H and O–H groups in total. The molecule has 0 unspecified atom stereocenters. The summed E-state index contributed by atoms with van der Waals surface area (Å²) in [5.74, 6) is 0. The van der Waals surface area contributed by atoms with Gasteiger partial charge in [0.25, 0.3) is 0 Å². The van der Waals surface area contributed by atoms with Gasteiger partial charge in [0.2, 0.25) is 0 Å². The van der Waals surface area contributed by atoms with E-state index in [1.807, 2.05) is 30.3 Å². The van der Waals surface area contributed by atoms with E-state index < -0.39 is 0 Å². The molecule has 2 nitrogen and oxygen atoms in total. The van der Waals surface area contributed by atoms with Crippen LogP contribution in [0.5, 0.6) is 0 Å². The van der Waals surface area contributed by atoms with E-state index in [0.29, 0.717) is 5.56 Å². The van der Waals surface area contributed by atoms with E-state index in [9.17, 15) is 5.11 Å². The number of benzene rings is 5. The smallest absolute Gasteiger partial charge is 0.0991 e. The molecule has 26 heavy (non-hydrogen) atoms. The maximum Gasteiger partial charge on any atom is 0.0991 e. The molecule has 0 aliphatic rings. The Bertz CT molecular complexity index is 1310. The molecule has 2 heteroatoms. The monoisotopic (exact) mass is 333 g/mol. The molecule has 0 saturated heterocycles. The van der Waals surface area contributed by atoms with Crippen LogP contribution in [0.25, 0.3) is 43.4 Å². The lowest BCUT2D eigenvalue weighted by Crippen LogP contribution is -1.91. The van der Waals surface area contributed by atoms with Crippen molar-refractivity contribution in [1.29, 1.82) is 5.26 Å². The van der Waals surface area contributed by atoms with Gasteiger partial charge in [0.1, 0.15) is 0 Å². The molecule has 5 aromatic rings. The summed E-state index contributed by atoms with van der Waals surface area (Å²) in [6.45, 7) is 0.0383. The first-order chi connectivity index (χ1) is 12.8. The lowest BCUT2D eigenvalue weighted by atomic mass is 9.88. The molecule has 5 rings (SSSR count). The molecule has 0 spiro atoms. The number of aliphatic hydroxyl groups is 1. The van der Waals surface area contributed by atoms with E-state index in [0.717, 1.165) is 22.1 Å². The molecule has 0 heterocycles. The highest BCUT2D eigenvalue weighted by Gasteiger charge is 2.13. The van der Waals surface area contributed by atoms with Crippen molar-refractivity contribution in [2.24, 2.45) is 0 Å². The van der Waals surface area contributed by atoms with Crippen LogP contribution in [0, 0.1) is 11.3 Å². The molecule has 5 aromatic carbocycles. The Hall–Kier alpha value is -3.41. The first kappa shape index (κ1) is 14.9. The lowest BCUT2D eigenvalue weighted by Gasteiger charge is -2.15. The van der Waals surface area contributed by atoms with Gasteiger partial charge >= 0.3 is 0 Å². The van der Waals surface area contributed by atoms with Crippen LogP contribution < -0.4 is 0 Å². The molecule has 0 radical (unpaired) electrons. The van der Waals surface area contributed by atoms with E-state index in [1.54, 1.807) is 0 Å². The fraction of sp³-hybridized carbons (Fsp3) is 0.0417. The van der Waals surface area contributed by atoms with Gasteiger partial charge in [-0.3, -0.25) is 0 Å². The Morgan fingerprint density at radius 1 is 0.692 bits per heavy atom. The fourth-order valence-corrected chi connectivity index (χ4v) is 3.98. The van der Waals surface area contributed by atoms with Crippen LogP contribution in [0.15, 0.2) is 72.8 Å². The molecule has 122 valence electrons. The largest absolute Gasteiger partial charge is 0.392 e. The Morgan fingerprint density at radius 2 is 1.31 bits per heavy atom. The summed E-state index contributed by atoms with van der Waals surface area (Å²) in [6, 6.07) is 26.9. The van der Waals surface area contributed by atoms with Crippen molar-refractivity contribution in [3.63, 3.8) is 0 Å². The van der Waals surface area contributed by atoms with Gasteiger partial charge in [-0.05, 0) is 61.1 Å². The zero-order valence-electron chi connectivity index (χ0n) is 14.0. The second-order valence-corrected chi connectivity index (χ2v) is 6.61. The number of rotatable bonds is 2. The summed E-state index contributed by atoms with van der Waals surface area (Å²) in [6.07, 6.45) is 0. The van der Waals surface area contributed by atoms with E-state index >= 15 is 0 Å². The van der Waals surface area contributed by atoms with Crippen molar-refractivity contribution in [3.05, 3.63) is 83.9 Å². The first-order valence-electron chi connectivity index (χ1n) is 8.61. The number of nitriles is 1. The molecule has 0 aliphatic carbocycles. The minimum Gasteiger partial charge on any atom is -0.392 e. The summed E-state index contributed by atoms with van der Waals surface area (Å²) in [5, 5.41) is 25.9. The van der Waals surface area contributed by atoms with E-state index in [1.165, 1.54) is 26.9 Å². The van der Waals surface area contributed by atoms with Gasteiger partial charge in [0.15, 0.2) is 0 Å². The predicted molar refractivity (Wildman–Crippen MR) is 106 cm³/mol.